The number of likely N-dealkylation sites (tertiary alicyclic amines) is 1. The highest BCUT2D eigenvalue weighted by atomic mass is 19.1. The molecule has 0 radical (unpaired) electrons. The Kier molecular flexibility index (Phi) is 5.09. The lowest BCUT2D eigenvalue weighted by atomic mass is 9.97. The van der Waals surface area contributed by atoms with Crippen LogP contribution in [0.1, 0.15) is 19.8 Å². The number of nitrogens with one attached hydrogen (secondary N) is 1. The highest BCUT2D eigenvalue weighted by Gasteiger charge is 2.24. The number of carbonyl (C=O) groups excluding carboxylic acids is 1. The molecule has 0 aromatic heterocycles. The minimum Gasteiger partial charge on any atom is -0.393 e. The SMILES string of the molecule is CC1CN(CCC(=O)Nc2ccccc2F)CCC1O. The molecule has 1 aromatic carbocycles. The summed E-state index contributed by atoms with van der Waals surface area (Å²) >= 11 is 0. The molecule has 1 saturated heterocycles. The Bertz CT molecular complexity index is 467. The third-order valence-electron chi connectivity index (χ3n) is 3.75. The van der Waals surface area contributed by atoms with Crippen molar-refractivity contribution < 1.29 is 14.3 Å². The Morgan fingerprint density at radius 3 is 2.95 bits per heavy atom. The zero-order chi connectivity index (χ0) is 14.5. The number of aliphatic hydroxyl groups is 1. The molecule has 2 atom stereocenters. The van der Waals surface area contributed by atoms with Crippen molar-refractivity contribution in [1.29, 1.82) is 0 Å². The smallest absolute Gasteiger partial charge is 0.225 e. The summed E-state index contributed by atoms with van der Waals surface area (Å²) < 4.78 is 13.4. The van der Waals surface area contributed by atoms with Crippen LogP contribution in [0.4, 0.5) is 10.1 Å². The Hall–Kier alpha value is -1.46. The minimum atomic E-state index is -0.421. The van der Waals surface area contributed by atoms with Crippen LogP contribution in [-0.2, 0) is 4.79 Å². The maximum absolute atomic E-state index is 13.4. The molecule has 1 heterocycles. The number of nitrogens with zero attached hydrogens (tertiary/aromatic N) is 1. The van der Waals surface area contributed by atoms with E-state index in [-0.39, 0.29) is 23.6 Å². The number of hydrogen-bond donors (Lipinski definition) is 2. The lowest BCUT2D eigenvalue weighted by molar-refractivity contribution is -0.116. The molecule has 110 valence electrons. The van der Waals surface area contributed by atoms with Gasteiger partial charge in [0.25, 0.3) is 0 Å². The van der Waals surface area contributed by atoms with Gasteiger partial charge in [0.2, 0.25) is 5.91 Å². The lowest BCUT2D eigenvalue weighted by Crippen LogP contribution is -2.42. The molecular formula is C15H21FN2O2. The highest BCUT2D eigenvalue weighted by molar-refractivity contribution is 5.90. The molecule has 20 heavy (non-hydrogen) atoms. The summed E-state index contributed by atoms with van der Waals surface area (Å²) in [5.74, 6) is -0.372. The van der Waals surface area contributed by atoms with Crippen LogP contribution in [0.25, 0.3) is 0 Å². The molecule has 0 saturated carbocycles. The van der Waals surface area contributed by atoms with Gasteiger partial charge in [-0.25, -0.2) is 4.39 Å². The zero-order valence-corrected chi connectivity index (χ0v) is 11.7. The summed E-state index contributed by atoms with van der Waals surface area (Å²) in [5.41, 5.74) is 0.222. The molecule has 1 amide bonds. The van der Waals surface area contributed by atoms with Gasteiger partial charge < -0.3 is 15.3 Å². The normalized spacial score (nSPS) is 23.6. The van der Waals surface area contributed by atoms with E-state index in [2.05, 4.69) is 10.2 Å². The first kappa shape index (κ1) is 14.9. The molecule has 0 aliphatic carbocycles. The van der Waals surface area contributed by atoms with E-state index in [1.54, 1.807) is 18.2 Å². The topological polar surface area (TPSA) is 52.6 Å². The largest absolute Gasteiger partial charge is 0.393 e. The quantitative estimate of drug-likeness (QED) is 0.885. The molecule has 0 bridgehead atoms. The third-order valence-corrected chi connectivity index (χ3v) is 3.75. The number of halogens is 1. The molecule has 5 heteroatoms. The van der Waals surface area contributed by atoms with Crippen LogP contribution in [0.2, 0.25) is 0 Å². The van der Waals surface area contributed by atoms with E-state index in [1.165, 1.54) is 6.07 Å². The molecule has 2 N–H and O–H groups in total. The number of para-hydroxylation sites is 1. The van der Waals surface area contributed by atoms with Gasteiger partial charge in [0, 0.05) is 26.1 Å². The van der Waals surface area contributed by atoms with E-state index in [0.717, 1.165) is 19.5 Å². The number of anilines is 1. The molecule has 2 unspecified atom stereocenters. The van der Waals surface area contributed by atoms with Gasteiger partial charge in [-0.1, -0.05) is 19.1 Å². The summed E-state index contributed by atoms with van der Waals surface area (Å²) in [4.78, 5) is 14.0. The van der Waals surface area contributed by atoms with Gasteiger partial charge in [0.15, 0.2) is 0 Å². The molecule has 4 nitrogen and oxygen atoms in total. The van der Waals surface area contributed by atoms with Crippen molar-refractivity contribution in [3.8, 4) is 0 Å². The first-order valence-corrected chi connectivity index (χ1v) is 7.01. The summed E-state index contributed by atoms with van der Waals surface area (Å²) in [6, 6.07) is 6.15. The molecular weight excluding hydrogens is 259 g/mol. The van der Waals surface area contributed by atoms with Gasteiger partial charge in [-0.05, 0) is 24.5 Å². The van der Waals surface area contributed by atoms with Crippen molar-refractivity contribution in [3.05, 3.63) is 30.1 Å². The van der Waals surface area contributed by atoms with E-state index in [9.17, 15) is 14.3 Å². The van der Waals surface area contributed by atoms with Gasteiger partial charge in [-0.2, -0.15) is 0 Å². The number of rotatable bonds is 4. The lowest BCUT2D eigenvalue weighted by Gasteiger charge is -2.34. The van der Waals surface area contributed by atoms with Gasteiger partial charge >= 0.3 is 0 Å². The van der Waals surface area contributed by atoms with E-state index in [4.69, 9.17) is 0 Å². The number of carbonyl (C=O) groups is 1. The van der Waals surface area contributed by atoms with Crippen LogP contribution < -0.4 is 5.32 Å². The molecule has 1 fully saturated rings. The Morgan fingerprint density at radius 2 is 2.25 bits per heavy atom. The van der Waals surface area contributed by atoms with Gasteiger partial charge in [-0.3, -0.25) is 4.79 Å². The fourth-order valence-electron chi connectivity index (χ4n) is 2.46. The molecule has 1 aliphatic heterocycles. The molecule has 0 spiro atoms. The van der Waals surface area contributed by atoms with Crippen LogP contribution in [-0.4, -0.2) is 41.7 Å². The standard InChI is InChI=1S/C15H21FN2O2/c1-11-10-18(8-6-14(11)19)9-7-15(20)17-13-5-3-2-4-12(13)16/h2-5,11,14,19H,6-10H2,1H3,(H,17,20). The maximum atomic E-state index is 13.4. The Morgan fingerprint density at radius 1 is 1.50 bits per heavy atom. The predicted octanol–water partition coefficient (Wildman–Crippen LogP) is 1.86. The minimum absolute atomic E-state index is 0.186. The second-order valence-electron chi connectivity index (χ2n) is 5.41. The highest BCUT2D eigenvalue weighted by Crippen LogP contribution is 2.17. The summed E-state index contributed by atoms with van der Waals surface area (Å²) in [5, 5.41) is 12.2. The fraction of sp³-hybridized carbons (Fsp3) is 0.533. The van der Waals surface area contributed by atoms with E-state index >= 15 is 0 Å². The van der Waals surface area contributed by atoms with Crippen LogP contribution in [0.3, 0.4) is 0 Å². The van der Waals surface area contributed by atoms with Crippen LogP contribution in [0.5, 0.6) is 0 Å². The van der Waals surface area contributed by atoms with Gasteiger partial charge in [-0.15, -0.1) is 0 Å². The Balaban J connectivity index is 1.77. The second kappa shape index (κ2) is 6.81. The molecule has 2 rings (SSSR count). The fourth-order valence-corrected chi connectivity index (χ4v) is 2.46. The van der Waals surface area contributed by atoms with Crippen LogP contribution in [0.15, 0.2) is 24.3 Å². The number of piperidine rings is 1. The molecule has 1 aromatic rings. The maximum Gasteiger partial charge on any atom is 0.225 e. The van der Waals surface area contributed by atoms with E-state index < -0.39 is 5.82 Å². The van der Waals surface area contributed by atoms with Crippen molar-refractivity contribution in [1.82, 2.24) is 4.90 Å². The average Bonchev–Trinajstić information content (AvgIpc) is 2.43. The van der Waals surface area contributed by atoms with Gasteiger partial charge in [0.1, 0.15) is 5.82 Å². The number of benzene rings is 1. The van der Waals surface area contributed by atoms with Crippen molar-refractivity contribution in [2.75, 3.05) is 25.0 Å². The van der Waals surface area contributed by atoms with Crippen LogP contribution >= 0.6 is 0 Å². The van der Waals surface area contributed by atoms with Crippen LogP contribution in [0, 0.1) is 11.7 Å². The first-order valence-electron chi connectivity index (χ1n) is 7.01. The Labute approximate surface area is 118 Å². The summed E-state index contributed by atoms with van der Waals surface area (Å²) in [6.07, 6.45) is 0.839. The predicted molar refractivity (Wildman–Crippen MR) is 75.9 cm³/mol. The van der Waals surface area contributed by atoms with Gasteiger partial charge in [0.05, 0.1) is 11.8 Å². The van der Waals surface area contributed by atoms with Crippen molar-refractivity contribution in [2.24, 2.45) is 5.92 Å². The third kappa shape index (κ3) is 4.02. The monoisotopic (exact) mass is 280 g/mol. The van der Waals surface area contributed by atoms with E-state index in [1.807, 2.05) is 6.92 Å². The summed E-state index contributed by atoms with van der Waals surface area (Å²) in [7, 11) is 0. The second-order valence-corrected chi connectivity index (χ2v) is 5.41. The number of aliphatic hydroxyl groups excluding tert-OH is 1. The number of hydrogen-bond acceptors (Lipinski definition) is 3. The number of amides is 1. The summed E-state index contributed by atoms with van der Waals surface area (Å²) in [6.45, 7) is 4.25. The van der Waals surface area contributed by atoms with E-state index in [0.29, 0.717) is 13.0 Å². The zero-order valence-electron chi connectivity index (χ0n) is 11.7. The average molecular weight is 280 g/mol. The van der Waals surface area contributed by atoms with Crippen molar-refractivity contribution in [2.45, 2.75) is 25.9 Å². The van der Waals surface area contributed by atoms with Crippen molar-refractivity contribution >= 4 is 11.6 Å². The van der Waals surface area contributed by atoms with Crippen molar-refractivity contribution in [3.63, 3.8) is 0 Å². The first-order chi connectivity index (χ1) is 9.56. The molecule has 1 aliphatic rings.